The molecule has 0 bridgehead atoms. The summed E-state index contributed by atoms with van der Waals surface area (Å²) in [6, 6.07) is 14.5. The van der Waals surface area contributed by atoms with Gasteiger partial charge in [-0.1, -0.05) is 26.0 Å². The van der Waals surface area contributed by atoms with Gasteiger partial charge in [0, 0.05) is 11.4 Å². The molecule has 1 aliphatic rings. The maximum Gasteiger partial charge on any atom is 0.239 e. The zero-order valence-corrected chi connectivity index (χ0v) is 18.5. The number of amides is 2. The number of methoxy groups -OCH3 is 2. The molecule has 1 heterocycles. The Hall–Kier alpha value is -2.67. The van der Waals surface area contributed by atoms with Gasteiger partial charge in [-0.2, -0.15) is 0 Å². The topological polar surface area (TPSA) is 76.7 Å². The minimum Gasteiger partial charge on any atom is -0.497 e. The summed E-state index contributed by atoms with van der Waals surface area (Å²) >= 11 is 1.41. The van der Waals surface area contributed by atoms with Gasteiger partial charge in [-0.15, -0.1) is 11.8 Å². The third-order valence-corrected chi connectivity index (χ3v) is 6.50. The van der Waals surface area contributed by atoms with Crippen molar-refractivity contribution in [3.63, 3.8) is 0 Å². The molecular formula is C23H28N2O4S. The molecule has 6 nitrogen and oxygen atoms in total. The standard InChI is InChI=1S/C23H28N2O4S/c1-15(2)14-24-22(27)23(30-19-11-9-18(29-4)10-12-19)13-20(26)25-21(23)16-5-7-17(28-3)8-6-16/h5-12,15,21H,13-14H2,1-4H3,(H,24,27)(H,25,26)/t21-,23-/m1/s1. The maximum atomic E-state index is 13.5. The number of carbonyl (C=O) groups excluding carboxylic acids is 2. The van der Waals surface area contributed by atoms with E-state index in [-0.39, 0.29) is 18.2 Å². The van der Waals surface area contributed by atoms with Crippen LogP contribution in [0.1, 0.15) is 31.9 Å². The predicted octanol–water partition coefficient (Wildman–Crippen LogP) is 3.57. The Morgan fingerprint density at radius 2 is 1.67 bits per heavy atom. The van der Waals surface area contributed by atoms with Crippen molar-refractivity contribution in [2.45, 2.75) is 36.0 Å². The van der Waals surface area contributed by atoms with Crippen LogP contribution in [0.3, 0.4) is 0 Å². The van der Waals surface area contributed by atoms with E-state index in [9.17, 15) is 9.59 Å². The van der Waals surface area contributed by atoms with Gasteiger partial charge in [-0.05, 0) is 47.9 Å². The fraction of sp³-hybridized carbons (Fsp3) is 0.391. The van der Waals surface area contributed by atoms with Crippen molar-refractivity contribution in [1.82, 2.24) is 10.6 Å². The van der Waals surface area contributed by atoms with Crippen LogP contribution in [0.2, 0.25) is 0 Å². The fourth-order valence-electron chi connectivity index (χ4n) is 3.47. The number of thioether (sulfide) groups is 1. The summed E-state index contributed by atoms with van der Waals surface area (Å²) < 4.78 is 9.49. The molecular weight excluding hydrogens is 400 g/mol. The van der Waals surface area contributed by atoms with Gasteiger partial charge < -0.3 is 20.1 Å². The number of carbonyl (C=O) groups is 2. The molecule has 2 N–H and O–H groups in total. The quantitative estimate of drug-likeness (QED) is 0.672. The molecule has 2 amide bonds. The molecule has 160 valence electrons. The first-order valence-electron chi connectivity index (χ1n) is 9.92. The number of nitrogens with one attached hydrogen (secondary N) is 2. The molecule has 1 saturated heterocycles. The van der Waals surface area contributed by atoms with E-state index in [1.807, 2.05) is 62.4 Å². The van der Waals surface area contributed by atoms with Crippen molar-refractivity contribution >= 4 is 23.6 Å². The fourth-order valence-corrected chi connectivity index (χ4v) is 4.85. The second-order valence-electron chi connectivity index (χ2n) is 7.72. The molecule has 30 heavy (non-hydrogen) atoms. The van der Waals surface area contributed by atoms with Crippen LogP contribution in [0.15, 0.2) is 53.4 Å². The van der Waals surface area contributed by atoms with Crippen LogP contribution < -0.4 is 20.1 Å². The molecule has 3 rings (SSSR count). The Balaban J connectivity index is 2.00. The number of benzene rings is 2. The van der Waals surface area contributed by atoms with E-state index < -0.39 is 10.8 Å². The van der Waals surface area contributed by atoms with E-state index in [0.717, 1.165) is 22.0 Å². The average molecular weight is 429 g/mol. The molecule has 7 heteroatoms. The zero-order chi connectivity index (χ0) is 21.7. The van der Waals surface area contributed by atoms with Gasteiger partial charge in [-0.3, -0.25) is 9.59 Å². The highest BCUT2D eigenvalue weighted by molar-refractivity contribution is 8.01. The molecule has 1 aliphatic heterocycles. The van der Waals surface area contributed by atoms with Crippen LogP contribution in [0, 0.1) is 5.92 Å². The van der Waals surface area contributed by atoms with Gasteiger partial charge in [0.2, 0.25) is 11.8 Å². The van der Waals surface area contributed by atoms with Crippen molar-refractivity contribution in [2.75, 3.05) is 20.8 Å². The van der Waals surface area contributed by atoms with E-state index in [1.165, 1.54) is 11.8 Å². The normalized spacial score (nSPS) is 20.7. The van der Waals surface area contributed by atoms with Crippen molar-refractivity contribution < 1.29 is 19.1 Å². The Morgan fingerprint density at radius 3 is 2.20 bits per heavy atom. The zero-order valence-electron chi connectivity index (χ0n) is 17.7. The van der Waals surface area contributed by atoms with Gasteiger partial charge in [-0.25, -0.2) is 0 Å². The number of rotatable bonds is 8. The van der Waals surface area contributed by atoms with Gasteiger partial charge in [0.15, 0.2) is 0 Å². The second kappa shape index (κ2) is 9.43. The third kappa shape index (κ3) is 4.73. The summed E-state index contributed by atoms with van der Waals surface area (Å²) in [5.74, 6) is 1.49. The summed E-state index contributed by atoms with van der Waals surface area (Å²) in [7, 11) is 3.22. The molecule has 0 aromatic heterocycles. The van der Waals surface area contributed by atoms with Crippen LogP contribution in [0.5, 0.6) is 11.5 Å². The SMILES string of the molecule is COc1ccc(S[C@]2(C(=O)NCC(C)C)CC(=O)N[C@@H]2c2ccc(OC)cc2)cc1. The first-order chi connectivity index (χ1) is 14.4. The second-order valence-corrected chi connectivity index (χ2v) is 9.13. The van der Waals surface area contributed by atoms with Gasteiger partial charge in [0.25, 0.3) is 0 Å². The smallest absolute Gasteiger partial charge is 0.239 e. The number of ether oxygens (including phenoxy) is 2. The van der Waals surface area contributed by atoms with E-state index in [1.54, 1.807) is 14.2 Å². The first kappa shape index (κ1) is 22.0. The lowest BCUT2D eigenvalue weighted by molar-refractivity contribution is -0.125. The van der Waals surface area contributed by atoms with E-state index in [2.05, 4.69) is 10.6 Å². The maximum absolute atomic E-state index is 13.5. The number of hydrogen-bond acceptors (Lipinski definition) is 5. The molecule has 0 unspecified atom stereocenters. The van der Waals surface area contributed by atoms with Crippen LogP contribution in [-0.4, -0.2) is 37.3 Å². The minimum absolute atomic E-state index is 0.102. The molecule has 0 saturated carbocycles. The molecule has 2 atom stereocenters. The molecule has 2 aromatic carbocycles. The largest absolute Gasteiger partial charge is 0.497 e. The summed E-state index contributed by atoms with van der Waals surface area (Å²) in [5, 5.41) is 6.07. The highest BCUT2D eigenvalue weighted by Crippen LogP contribution is 2.48. The van der Waals surface area contributed by atoms with Gasteiger partial charge in [0.05, 0.1) is 26.7 Å². The van der Waals surface area contributed by atoms with Crippen molar-refractivity contribution in [2.24, 2.45) is 5.92 Å². The van der Waals surface area contributed by atoms with Crippen LogP contribution in [0.4, 0.5) is 0 Å². The Kier molecular flexibility index (Phi) is 6.92. The first-order valence-corrected chi connectivity index (χ1v) is 10.7. The molecule has 1 fully saturated rings. The predicted molar refractivity (Wildman–Crippen MR) is 118 cm³/mol. The van der Waals surface area contributed by atoms with Crippen molar-refractivity contribution in [3.05, 3.63) is 54.1 Å². The van der Waals surface area contributed by atoms with E-state index in [4.69, 9.17) is 9.47 Å². The minimum atomic E-state index is -1.00. The van der Waals surface area contributed by atoms with Crippen LogP contribution in [0.25, 0.3) is 0 Å². The average Bonchev–Trinajstić information content (AvgIpc) is 3.09. The molecule has 2 aromatic rings. The van der Waals surface area contributed by atoms with Crippen molar-refractivity contribution in [3.8, 4) is 11.5 Å². The van der Waals surface area contributed by atoms with Gasteiger partial charge >= 0.3 is 0 Å². The number of hydrogen-bond donors (Lipinski definition) is 2. The molecule has 0 aliphatic carbocycles. The van der Waals surface area contributed by atoms with Gasteiger partial charge in [0.1, 0.15) is 16.2 Å². The Morgan fingerprint density at radius 1 is 1.10 bits per heavy atom. The van der Waals surface area contributed by atoms with Crippen LogP contribution >= 0.6 is 11.8 Å². The van der Waals surface area contributed by atoms with Crippen LogP contribution in [-0.2, 0) is 9.59 Å². The summed E-state index contributed by atoms with van der Waals surface area (Å²) in [6.07, 6.45) is 0.102. The lowest BCUT2D eigenvalue weighted by Gasteiger charge is -2.33. The Bertz CT molecular complexity index is 883. The third-order valence-electron chi connectivity index (χ3n) is 5.06. The highest BCUT2D eigenvalue weighted by Gasteiger charge is 2.54. The summed E-state index contributed by atoms with van der Waals surface area (Å²) in [6.45, 7) is 4.64. The van der Waals surface area contributed by atoms with E-state index >= 15 is 0 Å². The van der Waals surface area contributed by atoms with Crippen molar-refractivity contribution in [1.29, 1.82) is 0 Å². The molecule has 0 spiro atoms. The highest BCUT2D eigenvalue weighted by atomic mass is 32.2. The summed E-state index contributed by atoms with van der Waals surface area (Å²) in [5.41, 5.74) is 0.863. The lowest BCUT2D eigenvalue weighted by Crippen LogP contribution is -2.48. The molecule has 0 radical (unpaired) electrons. The monoisotopic (exact) mass is 428 g/mol. The van der Waals surface area contributed by atoms with E-state index in [0.29, 0.717) is 12.5 Å². The Labute approximate surface area is 181 Å². The summed E-state index contributed by atoms with van der Waals surface area (Å²) in [4.78, 5) is 26.9. The lowest BCUT2D eigenvalue weighted by atomic mass is 9.92.